The first kappa shape index (κ1) is 17.2. The van der Waals surface area contributed by atoms with Crippen LogP contribution in [0.2, 0.25) is 0 Å². The quantitative estimate of drug-likeness (QED) is 0.622. The molecule has 0 amide bonds. The molecule has 0 spiro atoms. The molecule has 2 aromatic rings. The topological polar surface area (TPSA) is 68.4 Å². The number of hydrogen-bond acceptors (Lipinski definition) is 5. The Balaban J connectivity index is 1.95. The summed E-state index contributed by atoms with van der Waals surface area (Å²) < 4.78 is 59.9. The molecule has 1 N–H and O–H groups in total. The first-order chi connectivity index (χ1) is 10.8. The van der Waals surface area contributed by atoms with Crippen molar-refractivity contribution in [1.29, 1.82) is 0 Å². The Hall–Kier alpha value is -2.16. The number of nitrogens with zero attached hydrogens (tertiary/aromatic N) is 2. The predicted octanol–water partition coefficient (Wildman–Crippen LogP) is 3.21. The van der Waals surface area contributed by atoms with Crippen molar-refractivity contribution in [3.8, 4) is 5.75 Å². The van der Waals surface area contributed by atoms with Crippen LogP contribution in [-0.4, -0.2) is 28.1 Å². The van der Waals surface area contributed by atoms with Gasteiger partial charge in [0.2, 0.25) is 12.3 Å². The number of hydrogen-bond donors (Lipinski definition) is 1. The van der Waals surface area contributed by atoms with Gasteiger partial charge in [-0.05, 0) is 24.6 Å². The molecular weight excluding hydrogens is 320 g/mol. The van der Waals surface area contributed by atoms with E-state index in [1.807, 2.05) is 0 Å². The van der Waals surface area contributed by atoms with E-state index in [9.17, 15) is 22.7 Å². The van der Waals surface area contributed by atoms with Gasteiger partial charge in [-0.15, -0.1) is 10.2 Å². The van der Waals surface area contributed by atoms with E-state index >= 15 is 0 Å². The van der Waals surface area contributed by atoms with Gasteiger partial charge in [-0.3, -0.25) is 0 Å². The number of aliphatic hydroxyl groups is 1. The van der Waals surface area contributed by atoms with Gasteiger partial charge in [-0.2, -0.15) is 13.2 Å². The molecule has 0 saturated carbocycles. The maximum Gasteiger partial charge on any atom is 0.389 e. The number of halogens is 4. The van der Waals surface area contributed by atoms with E-state index in [1.165, 1.54) is 12.1 Å². The number of rotatable bonds is 7. The van der Waals surface area contributed by atoms with E-state index in [4.69, 9.17) is 9.15 Å². The number of ether oxygens (including phenoxy) is 1. The molecule has 5 nitrogen and oxygen atoms in total. The molecule has 126 valence electrons. The SMILES string of the molecule is OC(Cc1nnco1)c1cc(OCCCC(F)(F)F)ccc1F. The standard InChI is InChI=1S/C14H14F4N2O3/c15-11-3-2-9(22-5-1-4-14(16,17)18)6-10(11)12(21)7-13-20-19-8-23-13/h2-3,6,8,12,21H,1,4-5,7H2. The summed E-state index contributed by atoms with van der Waals surface area (Å²) in [6.45, 7) is -0.162. The van der Waals surface area contributed by atoms with Crippen molar-refractivity contribution < 1.29 is 31.8 Å². The molecular formula is C14H14F4N2O3. The van der Waals surface area contributed by atoms with E-state index in [2.05, 4.69) is 10.2 Å². The summed E-state index contributed by atoms with van der Waals surface area (Å²) in [7, 11) is 0. The molecule has 0 radical (unpaired) electrons. The van der Waals surface area contributed by atoms with Crippen LogP contribution >= 0.6 is 0 Å². The Morgan fingerprint density at radius 2 is 2.09 bits per heavy atom. The Morgan fingerprint density at radius 1 is 1.30 bits per heavy atom. The summed E-state index contributed by atoms with van der Waals surface area (Å²) in [5, 5.41) is 17.0. The van der Waals surface area contributed by atoms with Crippen molar-refractivity contribution in [2.24, 2.45) is 0 Å². The summed E-state index contributed by atoms with van der Waals surface area (Å²) in [5.74, 6) is -0.360. The average molecular weight is 334 g/mol. The van der Waals surface area contributed by atoms with Gasteiger partial charge in [0, 0.05) is 12.0 Å². The van der Waals surface area contributed by atoms with Gasteiger partial charge in [-0.1, -0.05) is 0 Å². The Kier molecular flexibility index (Phi) is 5.54. The van der Waals surface area contributed by atoms with E-state index in [-0.39, 0.29) is 36.7 Å². The summed E-state index contributed by atoms with van der Waals surface area (Å²) in [6.07, 6.45) is -5.65. The number of aromatic nitrogens is 2. The fourth-order valence-corrected chi connectivity index (χ4v) is 1.89. The zero-order valence-corrected chi connectivity index (χ0v) is 11.9. The van der Waals surface area contributed by atoms with Crippen molar-refractivity contribution in [3.63, 3.8) is 0 Å². The first-order valence-electron chi connectivity index (χ1n) is 6.77. The van der Waals surface area contributed by atoms with Crippen LogP contribution in [0.25, 0.3) is 0 Å². The largest absolute Gasteiger partial charge is 0.494 e. The first-order valence-corrected chi connectivity index (χ1v) is 6.77. The van der Waals surface area contributed by atoms with Crippen LogP contribution in [-0.2, 0) is 6.42 Å². The highest BCUT2D eigenvalue weighted by atomic mass is 19.4. The van der Waals surface area contributed by atoms with E-state index in [1.54, 1.807) is 0 Å². The molecule has 2 rings (SSSR count). The molecule has 0 aliphatic carbocycles. The molecule has 0 fully saturated rings. The van der Waals surface area contributed by atoms with Crippen LogP contribution in [0.15, 0.2) is 29.0 Å². The fraction of sp³-hybridized carbons (Fsp3) is 0.429. The van der Waals surface area contributed by atoms with Crippen LogP contribution in [0, 0.1) is 5.82 Å². The molecule has 0 aliphatic heterocycles. The summed E-state index contributed by atoms with van der Waals surface area (Å²) in [6, 6.07) is 3.60. The van der Waals surface area contributed by atoms with Crippen molar-refractivity contribution >= 4 is 0 Å². The maximum absolute atomic E-state index is 13.8. The van der Waals surface area contributed by atoms with Crippen LogP contribution in [0.1, 0.15) is 30.4 Å². The highest BCUT2D eigenvalue weighted by molar-refractivity contribution is 5.31. The lowest BCUT2D eigenvalue weighted by Gasteiger charge is -2.13. The van der Waals surface area contributed by atoms with Gasteiger partial charge < -0.3 is 14.3 Å². The van der Waals surface area contributed by atoms with Crippen LogP contribution in [0.5, 0.6) is 5.75 Å². The van der Waals surface area contributed by atoms with Gasteiger partial charge in [0.25, 0.3) is 0 Å². The van der Waals surface area contributed by atoms with Gasteiger partial charge in [0.1, 0.15) is 11.6 Å². The highest BCUT2D eigenvalue weighted by Gasteiger charge is 2.26. The second-order valence-corrected chi connectivity index (χ2v) is 4.80. The summed E-state index contributed by atoms with van der Waals surface area (Å²) >= 11 is 0. The molecule has 23 heavy (non-hydrogen) atoms. The zero-order valence-electron chi connectivity index (χ0n) is 11.9. The minimum atomic E-state index is -4.24. The third-order valence-corrected chi connectivity index (χ3v) is 2.97. The monoisotopic (exact) mass is 334 g/mol. The maximum atomic E-state index is 13.8. The van der Waals surface area contributed by atoms with Gasteiger partial charge in [-0.25, -0.2) is 4.39 Å². The zero-order chi connectivity index (χ0) is 16.9. The third kappa shape index (κ3) is 5.51. The van der Waals surface area contributed by atoms with E-state index in [0.29, 0.717) is 0 Å². The lowest BCUT2D eigenvalue weighted by Crippen LogP contribution is -2.10. The molecule has 1 unspecified atom stereocenters. The Bertz CT molecular complexity index is 617. The summed E-state index contributed by atoms with van der Waals surface area (Å²) in [4.78, 5) is 0. The number of aliphatic hydroxyl groups excluding tert-OH is 1. The molecule has 9 heteroatoms. The van der Waals surface area contributed by atoms with E-state index in [0.717, 1.165) is 12.5 Å². The molecule has 1 atom stereocenters. The van der Waals surface area contributed by atoms with Crippen molar-refractivity contribution in [1.82, 2.24) is 10.2 Å². The van der Waals surface area contributed by atoms with Crippen LogP contribution in [0.3, 0.4) is 0 Å². The predicted molar refractivity (Wildman–Crippen MR) is 70.1 cm³/mol. The smallest absolute Gasteiger partial charge is 0.389 e. The molecule has 1 aromatic heterocycles. The van der Waals surface area contributed by atoms with Crippen molar-refractivity contribution in [3.05, 3.63) is 41.9 Å². The highest BCUT2D eigenvalue weighted by Crippen LogP contribution is 2.26. The van der Waals surface area contributed by atoms with Gasteiger partial charge in [0.15, 0.2) is 0 Å². The lowest BCUT2D eigenvalue weighted by atomic mass is 10.1. The van der Waals surface area contributed by atoms with Crippen LogP contribution < -0.4 is 4.74 Å². The van der Waals surface area contributed by atoms with Gasteiger partial charge >= 0.3 is 6.18 Å². The molecule has 0 aliphatic rings. The van der Waals surface area contributed by atoms with Crippen molar-refractivity contribution in [2.75, 3.05) is 6.61 Å². The van der Waals surface area contributed by atoms with Gasteiger partial charge in [0.05, 0.1) is 19.1 Å². The minimum Gasteiger partial charge on any atom is -0.494 e. The molecule has 1 aromatic carbocycles. The molecule has 1 heterocycles. The Labute approximate surface area is 128 Å². The normalized spacial score (nSPS) is 13.1. The second kappa shape index (κ2) is 7.40. The molecule has 0 saturated heterocycles. The van der Waals surface area contributed by atoms with Crippen molar-refractivity contribution in [2.45, 2.75) is 31.5 Å². The number of alkyl halides is 3. The average Bonchev–Trinajstić information content (AvgIpc) is 2.97. The third-order valence-electron chi connectivity index (χ3n) is 2.97. The fourth-order valence-electron chi connectivity index (χ4n) is 1.89. The van der Waals surface area contributed by atoms with E-state index < -0.39 is 24.5 Å². The lowest BCUT2D eigenvalue weighted by molar-refractivity contribution is -0.136. The Morgan fingerprint density at radius 3 is 2.74 bits per heavy atom. The molecule has 0 bridgehead atoms. The summed E-state index contributed by atoms with van der Waals surface area (Å²) in [5.41, 5.74) is -0.0588. The minimum absolute atomic E-state index is 0.0588. The number of benzene rings is 1. The van der Waals surface area contributed by atoms with Crippen LogP contribution in [0.4, 0.5) is 17.6 Å². The second-order valence-electron chi connectivity index (χ2n) is 4.80.